The second-order valence-electron chi connectivity index (χ2n) is 5.15. The van der Waals surface area contributed by atoms with Crippen molar-refractivity contribution in [1.29, 1.82) is 0 Å². The third kappa shape index (κ3) is 3.10. The minimum Gasteiger partial charge on any atom is -0.311 e. The van der Waals surface area contributed by atoms with Gasteiger partial charge in [-0.2, -0.15) is 0 Å². The fourth-order valence-corrected chi connectivity index (χ4v) is 3.63. The number of likely N-dealkylation sites (N-methyl/N-ethyl adjacent to an activating group) is 1. The fourth-order valence-electron chi connectivity index (χ4n) is 2.35. The Hall–Kier alpha value is -1.42. The fraction of sp³-hybridized carbons (Fsp3) is 0.235. The van der Waals surface area contributed by atoms with Crippen LogP contribution in [-0.4, -0.2) is 12.0 Å². The molecule has 21 heavy (non-hydrogen) atoms. The summed E-state index contributed by atoms with van der Waals surface area (Å²) in [6, 6.07) is 14.7. The lowest BCUT2D eigenvalue weighted by molar-refractivity contribution is 0.589. The number of benzene rings is 2. The Morgan fingerprint density at radius 1 is 1.24 bits per heavy atom. The molecule has 0 aliphatic carbocycles. The summed E-state index contributed by atoms with van der Waals surface area (Å²) in [5.74, 6) is 0. The van der Waals surface area contributed by atoms with E-state index < -0.39 is 0 Å². The molecule has 1 heterocycles. The molecule has 0 aliphatic heterocycles. The highest BCUT2D eigenvalue weighted by Gasteiger charge is 2.15. The van der Waals surface area contributed by atoms with E-state index in [1.54, 1.807) is 11.3 Å². The number of nitrogens with one attached hydrogen (secondary N) is 1. The number of hydrogen-bond acceptors (Lipinski definition) is 3. The average Bonchev–Trinajstić information content (AvgIpc) is 2.92. The van der Waals surface area contributed by atoms with Crippen LogP contribution in [-0.2, 0) is 6.42 Å². The van der Waals surface area contributed by atoms with Gasteiger partial charge in [0.25, 0.3) is 0 Å². The molecule has 3 rings (SSSR count). The summed E-state index contributed by atoms with van der Waals surface area (Å²) in [5.41, 5.74) is 3.41. The molecular formula is C17H17ClN2S. The molecule has 4 heteroatoms. The maximum Gasteiger partial charge on any atom is 0.111 e. The quantitative estimate of drug-likeness (QED) is 0.750. The first kappa shape index (κ1) is 14.5. The summed E-state index contributed by atoms with van der Waals surface area (Å²) in [4.78, 5) is 4.74. The van der Waals surface area contributed by atoms with Gasteiger partial charge in [0.2, 0.25) is 0 Å². The van der Waals surface area contributed by atoms with Crippen LogP contribution < -0.4 is 5.32 Å². The molecule has 0 fully saturated rings. The zero-order valence-electron chi connectivity index (χ0n) is 12.1. The van der Waals surface area contributed by atoms with Gasteiger partial charge in [-0.1, -0.05) is 35.9 Å². The zero-order chi connectivity index (χ0) is 14.8. The molecule has 1 atom stereocenters. The van der Waals surface area contributed by atoms with Crippen molar-refractivity contribution in [3.8, 4) is 0 Å². The summed E-state index contributed by atoms with van der Waals surface area (Å²) >= 11 is 7.97. The Morgan fingerprint density at radius 2 is 2.05 bits per heavy atom. The lowest BCUT2D eigenvalue weighted by Gasteiger charge is -2.14. The zero-order valence-corrected chi connectivity index (χ0v) is 13.6. The summed E-state index contributed by atoms with van der Waals surface area (Å²) in [6.45, 7) is 2.02. The van der Waals surface area contributed by atoms with Gasteiger partial charge in [-0.05, 0) is 49.7 Å². The van der Waals surface area contributed by atoms with Crippen molar-refractivity contribution in [3.63, 3.8) is 0 Å². The minimum absolute atomic E-state index is 0.209. The van der Waals surface area contributed by atoms with Crippen molar-refractivity contribution in [2.24, 2.45) is 0 Å². The predicted molar refractivity (Wildman–Crippen MR) is 91.3 cm³/mol. The second-order valence-corrected chi connectivity index (χ2v) is 6.62. The van der Waals surface area contributed by atoms with Gasteiger partial charge in [0, 0.05) is 5.02 Å². The van der Waals surface area contributed by atoms with E-state index in [4.69, 9.17) is 16.6 Å². The van der Waals surface area contributed by atoms with Crippen LogP contribution in [0, 0.1) is 6.92 Å². The molecular weight excluding hydrogens is 300 g/mol. The Bertz CT molecular complexity index is 733. The summed E-state index contributed by atoms with van der Waals surface area (Å²) in [6.07, 6.45) is 0.885. The van der Waals surface area contributed by atoms with Gasteiger partial charge in [0.15, 0.2) is 0 Å². The predicted octanol–water partition coefficient (Wildman–Crippen LogP) is 4.76. The smallest absolute Gasteiger partial charge is 0.111 e. The van der Waals surface area contributed by atoms with E-state index in [0.717, 1.165) is 27.5 Å². The lowest BCUT2D eigenvalue weighted by atomic mass is 10.0. The molecule has 0 radical (unpaired) electrons. The number of rotatable bonds is 4. The number of aryl methyl sites for hydroxylation is 1. The summed E-state index contributed by atoms with van der Waals surface area (Å²) < 4.78 is 1.23. The number of thiazole rings is 1. The maximum atomic E-state index is 6.22. The standard InChI is InChI=1S/C17H17ClN2S/c1-11-7-8-12(9-13(11)18)10-15(19-2)17-20-14-5-3-4-6-16(14)21-17/h3-9,15,19H,10H2,1-2H3. The van der Waals surface area contributed by atoms with Crippen LogP contribution in [0.15, 0.2) is 42.5 Å². The maximum absolute atomic E-state index is 6.22. The molecule has 1 N–H and O–H groups in total. The number of hydrogen-bond donors (Lipinski definition) is 1. The van der Waals surface area contributed by atoms with Gasteiger partial charge >= 0.3 is 0 Å². The minimum atomic E-state index is 0.209. The van der Waals surface area contributed by atoms with Crippen molar-refractivity contribution in [3.05, 3.63) is 63.6 Å². The third-order valence-electron chi connectivity index (χ3n) is 3.63. The largest absolute Gasteiger partial charge is 0.311 e. The topological polar surface area (TPSA) is 24.9 Å². The highest BCUT2D eigenvalue weighted by molar-refractivity contribution is 7.18. The molecule has 0 aliphatic rings. The van der Waals surface area contributed by atoms with E-state index in [2.05, 4.69) is 41.7 Å². The van der Waals surface area contributed by atoms with E-state index in [0.29, 0.717) is 0 Å². The molecule has 0 saturated carbocycles. The molecule has 2 aromatic carbocycles. The van der Waals surface area contributed by atoms with Gasteiger partial charge in [-0.3, -0.25) is 0 Å². The second kappa shape index (κ2) is 6.14. The van der Waals surface area contributed by atoms with Gasteiger partial charge in [-0.25, -0.2) is 4.98 Å². The Balaban J connectivity index is 1.88. The van der Waals surface area contributed by atoms with E-state index in [1.165, 1.54) is 10.3 Å². The number of para-hydroxylation sites is 1. The highest BCUT2D eigenvalue weighted by Crippen LogP contribution is 2.29. The van der Waals surface area contributed by atoms with E-state index in [9.17, 15) is 0 Å². The summed E-state index contributed by atoms with van der Waals surface area (Å²) in [7, 11) is 1.98. The molecule has 1 aromatic heterocycles. The SMILES string of the molecule is CNC(Cc1ccc(C)c(Cl)c1)c1nc2ccccc2s1. The lowest BCUT2D eigenvalue weighted by Crippen LogP contribution is -2.18. The molecule has 108 valence electrons. The van der Waals surface area contributed by atoms with Crippen molar-refractivity contribution in [2.75, 3.05) is 7.05 Å². The van der Waals surface area contributed by atoms with Crippen molar-refractivity contribution in [1.82, 2.24) is 10.3 Å². The summed E-state index contributed by atoms with van der Waals surface area (Å²) in [5, 5.41) is 5.31. The van der Waals surface area contributed by atoms with Crippen molar-refractivity contribution >= 4 is 33.2 Å². The van der Waals surface area contributed by atoms with Crippen LogP contribution in [0.25, 0.3) is 10.2 Å². The molecule has 1 unspecified atom stereocenters. The van der Waals surface area contributed by atoms with Crippen molar-refractivity contribution in [2.45, 2.75) is 19.4 Å². The van der Waals surface area contributed by atoms with E-state index in [-0.39, 0.29) is 6.04 Å². The number of aromatic nitrogens is 1. The van der Waals surface area contributed by atoms with Crippen LogP contribution in [0.1, 0.15) is 22.2 Å². The van der Waals surface area contributed by atoms with Gasteiger partial charge < -0.3 is 5.32 Å². The number of nitrogens with zero attached hydrogens (tertiary/aromatic N) is 1. The number of halogens is 1. The van der Waals surface area contributed by atoms with Crippen LogP contribution in [0.2, 0.25) is 5.02 Å². The first-order chi connectivity index (χ1) is 10.2. The van der Waals surface area contributed by atoms with Gasteiger partial charge in [-0.15, -0.1) is 11.3 Å². The molecule has 0 saturated heterocycles. The highest BCUT2D eigenvalue weighted by atomic mass is 35.5. The monoisotopic (exact) mass is 316 g/mol. The Kier molecular flexibility index (Phi) is 4.24. The average molecular weight is 317 g/mol. The molecule has 3 aromatic rings. The molecule has 0 bridgehead atoms. The van der Waals surface area contributed by atoms with Crippen molar-refractivity contribution < 1.29 is 0 Å². The third-order valence-corrected chi connectivity index (χ3v) is 5.19. The first-order valence-corrected chi connectivity index (χ1v) is 8.14. The van der Waals surface area contributed by atoms with Crippen LogP contribution in [0.3, 0.4) is 0 Å². The van der Waals surface area contributed by atoms with Crippen LogP contribution in [0.5, 0.6) is 0 Å². The van der Waals surface area contributed by atoms with E-state index >= 15 is 0 Å². The normalized spacial score (nSPS) is 12.7. The Morgan fingerprint density at radius 3 is 2.76 bits per heavy atom. The molecule has 0 spiro atoms. The van der Waals surface area contributed by atoms with Crippen LogP contribution in [0.4, 0.5) is 0 Å². The van der Waals surface area contributed by atoms with Gasteiger partial charge in [0.05, 0.1) is 16.3 Å². The number of fused-ring (bicyclic) bond motifs is 1. The molecule has 0 amide bonds. The first-order valence-electron chi connectivity index (χ1n) is 6.95. The van der Waals surface area contributed by atoms with E-state index in [1.807, 2.05) is 20.0 Å². The molecule has 2 nitrogen and oxygen atoms in total. The van der Waals surface area contributed by atoms with Gasteiger partial charge in [0.1, 0.15) is 5.01 Å². The van der Waals surface area contributed by atoms with Crippen LogP contribution >= 0.6 is 22.9 Å². The Labute approximate surface area is 133 Å².